The molecule has 3 N–H and O–H groups in total. The maximum absolute atomic E-state index is 11.6. The molecule has 0 aliphatic heterocycles. The third kappa shape index (κ3) is 2.97. The number of amides is 1. The van der Waals surface area contributed by atoms with E-state index in [0.717, 1.165) is 6.42 Å². The highest BCUT2D eigenvalue weighted by Crippen LogP contribution is 2.21. The fourth-order valence-corrected chi connectivity index (χ4v) is 1.97. The molecular formula is C9H13ClN2OS. The van der Waals surface area contributed by atoms with Gasteiger partial charge in [-0.15, -0.1) is 11.3 Å². The second kappa shape index (κ2) is 5.34. The minimum Gasteiger partial charge on any atom is -0.347 e. The summed E-state index contributed by atoms with van der Waals surface area (Å²) >= 11 is 6.99. The maximum Gasteiger partial charge on any atom is 0.261 e. The molecule has 0 aromatic carbocycles. The number of nitrogens with two attached hydrogens (primary N) is 1. The Labute approximate surface area is 92.3 Å². The molecule has 78 valence electrons. The summed E-state index contributed by atoms with van der Waals surface area (Å²) in [6, 6.07) is 3.47. The molecule has 3 nitrogen and oxygen atoms in total. The van der Waals surface area contributed by atoms with Crippen LogP contribution in [0.25, 0.3) is 0 Å². The molecule has 0 aliphatic carbocycles. The number of carbonyl (C=O) groups excluding carboxylic acids is 1. The van der Waals surface area contributed by atoms with Crippen LogP contribution >= 0.6 is 22.9 Å². The molecule has 1 rings (SSSR count). The van der Waals surface area contributed by atoms with Crippen LogP contribution in [0.1, 0.15) is 23.0 Å². The van der Waals surface area contributed by atoms with Gasteiger partial charge in [-0.2, -0.15) is 0 Å². The standard InChI is InChI=1S/C9H13ClN2OS/c1-2-6(5-11)12-9(13)7-3-4-8(10)14-7/h3-4,6H,2,5,11H2,1H3,(H,12,13). The van der Waals surface area contributed by atoms with Crippen molar-refractivity contribution in [3.63, 3.8) is 0 Å². The summed E-state index contributed by atoms with van der Waals surface area (Å²) in [5.74, 6) is -0.0980. The maximum atomic E-state index is 11.6. The highest BCUT2D eigenvalue weighted by Gasteiger charge is 2.12. The lowest BCUT2D eigenvalue weighted by Gasteiger charge is -2.13. The van der Waals surface area contributed by atoms with E-state index >= 15 is 0 Å². The molecular weight excluding hydrogens is 220 g/mol. The zero-order chi connectivity index (χ0) is 10.6. The summed E-state index contributed by atoms with van der Waals surface area (Å²) < 4.78 is 0.621. The van der Waals surface area contributed by atoms with Gasteiger partial charge in [-0.05, 0) is 18.6 Å². The van der Waals surface area contributed by atoms with Crippen LogP contribution in [0.3, 0.4) is 0 Å². The molecule has 0 saturated heterocycles. The van der Waals surface area contributed by atoms with E-state index < -0.39 is 0 Å². The van der Waals surface area contributed by atoms with Crippen LogP contribution in [-0.4, -0.2) is 18.5 Å². The lowest BCUT2D eigenvalue weighted by molar-refractivity contribution is 0.0941. The van der Waals surface area contributed by atoms with Gasteiger partial charge in [0.05, 0.1) is 9.21 Å². The Morgan fingerprint density at radius 3 is 2.86 bits per heavy atom. The Kier molecular flexibility index (Phi) is 4.38. The Bertz CT molecular complexity index is 310. The van der Waals surface area contributed by atoms with Crippen LogP contribution in [0.5, 0.6) is 0 Å². The van der Waals surface area contributed by atoms with Gasteiger partial charge in [0.1, 0.15) is 0 Å². The average molecular weight is 233 g/mol. The van der Waals surface area contributed by atoms with Gasteiger partial charge in [-0.25, -0.2) is 0 Å². The van der Waals surface area contributed by atoms with Crippen molar-refractivity contribution in [3.8, 4) is 0 Å². The SMILES string of the molecule is CCC(CN)NC(=O)c1ccc(Cl)s1. The normalized spacial score (nSPS) is 12.5. The van der Waals surface area contributed by atoms with Crippen LogP contribution in [0.4, 0.5) is 0 Å². The molecule has 14 heavy (non-hydrogen) atoms. The number of halogens is 1. The summed E-state index contributed by atoms with van der Waals surface area (Å²) in [7, 11) is 0. The van der Waals surface area contributed by atoms with Crippen LogP contribution in [-0.2, 0) is 0 Å². The van der Waals surface area contributed by atoms with E-state index in [2.05, 4.69) is 5.32 Å². The van der Waals surface area contributed by atoms with Gasteiger partial charge in [0, 0.05) is 12.6 Å². The van der Waals surface area contributed by atoms with Crippen molar-refractivity contribution in [2.45, 2.75) is 19.4 Å². The smallest absolute Gasteiger partial charge is 0.261 e. The summed E-state index contributed by atoms with van der Waals surface area (Å²) in [4.78, 5) is 12.2. The minimum absolute atomic E-state index is 0.0448. The van der Waals surface area contributed by atoms with Gasteiger partial charge in [-0.3, -0.25) is 4.79 Å². The lowest BCUT2D eigenvalue weighted by atomic mass is 10.2. The fraction of sp³-hybridized carbons (Fsp3) is 0.444. The summed E-state index contributed by atoms with van der Waals surface area (Å²) in [6.45, 7) is 2.44. The van der Waals surface area contributed by atoms with Crippen LogP contribution in [0, 0.1) is 0 Å². The van der Waals surface area contributed by atoms with Gasteiger partial charge in [0.2, 0.25) is 0 Å². The Balaban J connectivity index is 2.58. The van der Waals surface area contributed by atoms with E-state index in [0.29, 0.717) is 15.8 Å². The largest absolute Gasteiger partial charge is 0.347 e. The predicted molar refractivity (Wildman–Crippen MR) is 59.9 cm³/mol. The van der Waals surface area contributed by atoms with E-state index in [1.165, 1.54) is 11.3 Å². The molecule has 0 fully saturated rings. The molecule has 1 aromatic rings. The number of hydrogen-bond acceptors (Lipinski definition) is 3. The number of rotatable bonds is 4. The van der Waals surface area contributed by atoms with Crippen molar-refractivity contribution in [3.05, 3.63) is 21.3 Å². The molecule has 1 amide bonds. The van der Waals surface area contributed by atoms with Crippen LogP contribution < -0.4 is 11.1 Å². The molecule has 0 saturated carbocycles. The highest BCUT2D eigenvalue weighted by molar-refractivity contribution is 7.17. The number of hydrogen-bond donors (Lipinski definition) is 2. The zero-order valence-corrected chi connectivity index (χ0v) is 9.49. The predicted octanol–water partition coefficient (Wildman–Crippen LogP) is 1.87. The van der Waals surface area contributed by atoms with E-state index in [1.807, 2.05) is 6.92 Å². The third-order valence-electron chi connectivity index (χ3n) is 1.91. The number of carbonyl (C=O) groups is 1. The summed E-state index contributed by atoms with van der Waals surface area (Å²) in [5, 5.41) is 2.83. The first-order chi connectivity index (χ1) is 6.67. The average Bonchev–Trinajstić information content (AvgIpc) is 2.61. The van der Waals surface area contributed by atoms with Crippen molar-refractivity contribution < 1.29 is 4.79 Å². The second-order valence-electron chi connectivity index (χ2n) is 2.92. The van der Waals surface area contributed by atoms with Gasteiger partial charge in [0.25, 0.3) is 5.91 Å². The molecule has 0 aliphatic rings. The zero-order valence-electron chi connectivity index (χ0n) is 7.92. The Morgan fingerprint density at radius 2 is 2.43 bits per heavy atom. The van der Waals surface area contributed by atoms with Crippen molar-refractivity contribution >= 4 is 28.8 Å². The van der Waals surface area contributed by atoms with Gasteiger partial charge in [-0.1, -0.05) is 18.5 Å². The first-order valence-corrected chi connectivity index (χ1v) is 5.63. The first-order valence-electron chi connectivity index (χ1n) is 4.43. The molecule has 5 heteroatoms. The minimum atomic E-state index is -0.0980. The highest BCUT2D eigenvalue weighted by atomic mass is 35.5. The monoisotopic (exact) mass is 232 g/mol. The quantitative estimate of drug-likeness (QED) is 0.833. The summed E-state index contributed by atoms with van der Waals surface area (Å²) in [6.07, 6.45) is 0.835. The summed E-state index contributed by atoms with van der Waals surface area (Å²) in [5.41, 5.74) is 5.48. The molecule has 1 aromatic heterocycles. The number of thiophene rings is 1. The van der Waals surface area contributed by atoms with Crippen molar-refractivity contribution in [1.29, 1.82) is 0 Å². The van der Waals surface area contributed by atoms with E-state index in [1.54, 1.807) is 12.1 Å². The van der Waals surface area contributed by atoms with Crippen molar-refractivity contribution in [2.75, 3.05) is 6.54 Å². The van der Waals surface area contributed by atoms with Gasteiger partial charge < -0.3 is 11.1 Å². The first kappa shape index (κ1) is 11.5. The topological polar surface area (TPSA) is 55.1 Å². The van der Waals surface area contributed by atoms with E-state index in [9.17, 15) is 4.79 Å². The molecule has 0 radical (unpaired) electrons. The van der Waals surface area contributed by atoms with E-state index in [-0.39, 0.29) is 11.9 Å². The molecule has 1 heterocycles. The molecule has 0 spiro atoms. The Morgan fingerprint density at radius 1 is 1.71 bits per heavy atom. The molecule has 1 atom stereocenters. The third-order valence-corrected chi connectivity index (χ3v) is 3.14. The van der Waals surface area contributed by atoms with Crippen molar-refractivity contribution in [2.24, 2.45) is 5.73 Å². The Hall–Kier alpha value is -0.580. The molecule has 1 unspecified atom stereocenters. The number of nitrogens with one attached hydrogen (secondary N) is 1. The van der Waals surface area contributed by atoms with Gasteiger partial charge in [0.15, 0.2) is 0 Å². The molecule has 0 bridgehead atoms. The van der Waals surface area contributed by atoms with Gasteiger partial charge >= 0.3 is 0 Å². The lowest BCUT2D eigenvalue weighted by Crippen LogP contribution is -2.39. The fourth-order valence-electron chi connectivity index (χ4n) is 1.02. The second-order valence-corrected chi connectivity index (χ2v) is 4.63. The van der Waals surface area contributed by atoms with E-state index in [4.69, 9.17) is 17.3 Å². The van der Waals surface area contributed by atoms with Crippen LogP contribution in [0.15, 0.2) is 12.1 Å². The van der Waals surface area contributed by atoms with Crippen molar-refractivity contribution in [1.82, 2.24) is 5.32 Å². The van der Waals surface area contributed by atoms with Crippen LogP contribution in [0.2, 0.25) is 4.34 Å².